The van der Waals surface area contributed by atoms with Crippen molar-refractivity contribution >= 4 is 11.7 Å². The molecule has 1 fully saturated rings. The number of aliphatic hydroxyl groups is 1. The number of anilines is 1. The summed E-state index contributed by atoms with van der Waals surface area (Å²) in [5, 5.41) is 14.8. The molecule has 1 unspecified atom stereocenters. The maximum Gasteiger partial charge on any atom is 0.319 e. The Hall–Kier alpha value is -1.75. The van der Waals surface area contributed by atoms with Gasteiger partial charge in [0.2, 0.25) is 0 Å². The minimum Gasteiger partial charge on any atom is -0.490 e. The largest absolute Gasteiger partial charge is 0.490 e. The lowest BCUT2D eigenvalue weighted by Gasteiger charge is -2.17. The van der Waals surface area contributed by atoms with Gasteiger partial charge in [0.15, 0.2) is 0 Å². The van der Waals surface area contributed by atoms with Gasteiger partial charge in [-0.1, -0.05) is 6.07 Å². The molecule has 0 aromatic heterocycles. The molecule has 0 spiro atoms. The van der Waals surface area contributed by atoms with Crippen LogP contribution in [-0.4, -0.2) is 29.9 Å². The van der Waals surface area contributed by atoms with Crippen molar-refractivity contribution in [3.05, 3.63) is 23.8 Å². The average molecular weight is 306 g/mol. The van der Waals surface area contributed by atoms with E-state index in [1.807, 2.05) is 25.1 Å². The van der Waals surface area contributed by atoms with Crippen LogP contribution in [0, 0.1) is 6.92 Å². The van der Waals surface area contributed by atoms with Crippen molar-refractivity contribution in [2.24, 2.45) is 0 Å². The molecule has 1 aliphatic carbocycles. The molecule has 0 heterocycles. The van der Waals surface area contributed by atoms with Gasteiger partial charge in [-0.25, -0.2) is 4.79 Å². The van der Waals surface area contributed by atoms with E-state index < -0.39 is 6.10 Å². The molecule has 1 aromatic rings. The molecule has 0 bridgehead atoms. The molecule has 1 atom stereocenters. The van der Waals surface area contributed by atoms with Gasteiger partial charge >= 0.3 is 6.03 Å². The monoisotopic (exact) mass is 306 g/mol. The van der Waals surface area contributed by atoms with Crippen molar-refractivity contribution in [3.63, 3.8) is 0 Å². The number of hydrogen-bond acceptors (Lipinski definition) is 3. The van der Waals surface area contributed by atoms with Crippen molar-refractivity contribution in [3.8, 4) is 5.75 Å². The summed E-state index contributed by atoms with van der Waals surface area (Å²) in [6.07, 6.45) is 5.10. The second kappa shape index (κ2) is 8.03. The van der Waals surface area contributed by atoms with Gasteiger partial charge in [-0.2, -0.15) is 0 Å². The zero-order valence-electron chi connectivity index (χ0n) is 13.4. The number of urea groups is 1. The Morgan fingerprint density at radius 3 is 2.82 bits per heavy atom. The van der Waals surface area contributed by atoms with E-state index in [1.54, 1.807) is 6.92 Å². The van der Waals surface area contributed by atoms with Crippen molar-refractivity contribution in [2.45, 2.75) is 58.2 Å². The van der Waals surface area contributed by atoms with Gasteiger partial charge < -0.3 is 20.5 Å². The van der Waals surface area contributed by atoms with Crippen LogP contribution < -0.4 is 15.4 Å². The molecule has 1 saturated carbocycles. The van der Waals surface area contributed by atoms with Crippen molar-refractivity contribution in [1.82, 2.24) is 5.32 Å². The van der Waals surface area contributed by atoms with Gasteiger partial charge in [0.05, 0.1) is 12.2 Å². The summed E-state index contributed by atoms with van der Waals surface area (Å²) in [6.45, 7) is 4.10. The van der Waals surface area contributed by atoms with E-state index in [0.717, 1.165) is 29.8 Å². The first-order chi connectivity index (χ1) is 10.6. The fourth-order valence-electron chi connectivity index (χ4n) is 2.62. The van der Waals surface area contributed by atoms with Crippen LogP contribution in [0.25, 0.3) is 0 Å². The smallest absolute Gasteiger partial charge is 0.319 e. The Labute approximate surface area is 132 Å². The highest BCUT2D eigenvalue weighted by atomic mass is 16.5. The second-order valence-corrected chi connectivity index (χ2v) is 5.97. The highest BCUT2D eigenvalue weighted by molar-refractivity contribution is 5.90. The van der Waals surface area contributed by atoms with Crippen LogP contribution in [0.4, 0.5) is 10.5 Å². The molecule has 122 valence electrons. The quantitative estimate of drug-likeness (QED) is 0.756. The summed E-state index contributed by atoms with van der Waals surface area (Å²) >= 11 is 0. The molecule has 2 amide bonds. The molecule has 1 aliphatic rings. The molecule has 0 aliphatic heterocycles. The van der Waals surface area contributed by atoms with Crippen LogP contribution in [0.2, 0.25) is 0 Å². The average Bonchev–Trinajstić information content (AvgIpc) is 2.96. The first-order valence-electron chi connectivity index (χ1n) is 8.05. The van der Waals surface area contributed by atoms with E-state index in [2.05, 4.69) is 10.6 Å². The fraction of sp³-hybridized carbons (Fsp3) is 0.588. The SMILES string of the molecule is Cc1c(NC(=O)NCCC(C)O)cccc1OC1CCCC1. The molecular weight excluding hydrogens is 280 g/mol. The molecular formula is C17H26N2O3. The highest BCUT2D eigenvalue weighted by Crippen LogP contribution is 2.30. The molecule has 5 heteroatoms. The lowest BCUT2D eigenvalue weighted by atomic mass is 10.1. The lowest BCUT2D eigenvalue weighted by Crippen LogP contribution is -2.31. The third-order valence-electron chi connectivity index (χ3n) is 3.98. The van der Waals surface area contributed by atoms with Gasteiger partial charge in [-0.15, -0.1) is 0 Å². The number of benzene rings is 1. The molecule has 0 radical (unpaired) electrons. The molecule has 3 N–H and O–H groups in total. The number of aliphatic hydroxyl groups excluding tert-OH is 1. The number of nitrogens with one attached hydrogen (secondary N) is 2. The van der Waals surface area contributed by atoms with E-state index in [0.29, 0.717) is 19.1 Å². The first kappa shape index (κ1) is 16.6. The summed E-state index contributed by atoms with van der Waals surface area (Å²) in [7, 11) is 0. The summed E-state index contributed by atoms with van der Waals surface area (Å²) < 4.78 is 6.04. The molecule has 0 saturated heterocycles. The van der Waals surface area contributed by atoms with Crippen molar-refractivity contribution in [2.75, 3.05) is 11.9 Å². The summed E-state index contributed by atoms with van der Waals surface area (Å²) in [4.78, 5) is 11.9. The zero-order valence-corrected chi connectivity index (χ0v) is 13.4. The first-order valence-corrected chi connectivity index (χ1v) is 8.05. The van der Waals surface area contributed by atoms with E-state index in [9.17, 15) is 9.90 Å². The Morgan fingerprint density at radius 2 is 2.14 bits per heavy atom. The van der Waals surface area contributed by atoms with Crippen molar-refractivity contribution in [1.29, 1.82) is 0 Å². The van der Waals surface area contributed by atoms with E-state index in [-0.39, 0.29) is 6.03 Å². The van der Waals surface area contributed by atoms with E-state index in [4.69, 9.17) is 4.74 Å². The Bertz CT molecular complexity index is 497. The third kappa shape index (κ3) is 4.91. The Morgan fingerprint density at radius 1 is 1.41 bits per heavy atom. The van der Waals surface area contributed by atoms with Crippen LogP contribution in [0.15, 0.2) is 18.2 Å². The van der Waals surface area contributed by atoms with Crippen molar-refractivity contribution < 1.29 is 14.6 Å². The number of amides is 2. The molecule has 2 rings (SSSR count). The number of hydrogen-bond donors (Lipinski definition) is 3. The van der Waals surface area contributed by atoms with Crippen LogP contribution >= 0.6 is 0 Å². The van der Waals surface area contributed by atoms with Crippen LogP contribution in [-0.2, 0) is 0 Å². The normalized spacial score (nSPS) is 16.3. The maximum atomic E-state index is 11.9. The minimum absolute atomic E-state index is 0.262. The van der Waals surface area contributed by atoms with Crippen LogP contribution in [0.3, 0.4) is 0 Å². The standard InChI is InChI=1S/C17H26N2O3/c1-12(20)10-11-18-17(21)19-15-8-5-9-16(13(15)2)22-14-6-3-4-7-14/h5,8-9,12,14,20H,3-4,6-7,10-11H2,1-2H3,(H2,18,19,21). The highest BCUT2D eigenvalue weighted by Gasteiger charge is 2.18. The molecule has 5 nitrogen and oxygen atoms in total. The predicted molar refractivity (Wildman–Crippen MR) is 87.4 cm³/mol. The van der Waals surface area contributed by atoms with Gasteiger partial charge in [0.1, 0.15) is 5.75 Å². The zero-order chi connectivity index (χ0) is 15.9. The number of rotatable bonds is 6. The summed E-state index contributed by atoms with van der Waals surface area (Å²) in [5.41, 5.74) is 1.70. The Balaban J connectivity index is 1.91. The minimum atomic E-state index is -0.412. The van der Waals surface area contributed by atoms with Gasteiger partial charge in [0.25, 0.3) is 0 Å². The van der Waals surface area contributed by atoms with Gasteiger partial charge in [-0.3, -0.25) is 0 Å². The maximum absolute atomic E-state index is 11.9. The molecule has 22 heavy (non-hydrogen) atoms. The lowest BCUT2D eigenvalue weighted by molar-refractivity contribution is 0.184. The number of ether oxygens (including phenoxy) is 1. The third-order valence-corrected chi connectivity index (χ3v) is 3.98. The Kier molecular flexibility index (Phi) is 6.07. The van der Waals surface area contributed by atoms with Crippen LogP contribution in [0.1, 0.15) is 44.6 Å². The molecule has 1 aromatic carbocycles. The fourth-order valence-corrected chi connectivity index (χ4v) is 2.62. The van der Waals surface area contributed by atoms with Gasteiger partial charge in [-0.05, 0) is 58.1 Å². The van der Waals surface area contributed by atoms with E-state index >= 15 is 0 Å². The predicted octanol–water partition coefficient (Wildman–Crippen LogP) is 3.21. The second-order valence-electron chi connectivity index (χ2n) is 5.97. The van der Waals surface area contributed by atoms with Gasteiger partial charge in [0, 0.05) is 17.8 Å². The van der Waals surface area contributed by atoms with E-state index in [1.165, 1.54) is 12.8 Å². The summed E-state index contributed by atoms with van der Waals surface area (Å²) in [6, 6.07) is 5.44. The number of carbonyl (C=O) groups excluding carboxylic acids is 1. The summed E-state index contributed by atoms with van der Waals surface area (Å²) in [5.74, 6) is 0.841. The topological polar surface area (TPSA) is 70.6 Å². The van der Waals surface area contributed by atoms with Crippen LogP contribution in [0.5, 0.6) is 5.75 Å². The number of carbonyl (C=O) groups is 1.